The highest BCUT2D eigenvalue weighted by Gasteiger charge is 2.06. The number of carbonyl (C=O) groups excluding carboxylic acids is 1. The molecule has 4 nitrogen and oxygen atoms in total. The number of amides is 1. The monoisotopic (exact) mass is 317 g/mol. The van der Waals surface area contributed by atoms with Crippen molar-refractivity contribution in [1.29, 1.82) is 0 Å². The van der Waals surface area contributed by atoms with E-state index >= 15 is 0 Å². The van der Waals surface area contributed by atoms with Gasteiger partial charge < -0.3 is 14.4 Å². The number of methoxy groups -OCH3 is 2. The van der Waals surface area contributed by atoms with Crippen LogP contribution in [0.15, 0.2) is 41.1 Å². The Morgan fingerprint density at radius 1 is 1.23 bits per heavy atom. The van der Waals surface area contributed by atoms with E-state index in [1.165, 1.54) is 0 Å². The first-order valence-electron chi connectivity index (χ1n) is 6.79. The van der Waals surface area contributed by atoms with Crippen LogP contribution in [0.3, 0.4) is 0 Å². The molecule has 0 aliphatic rings. The van der Waals surface area contributed by atoms with E-state index in [0.717, 1.165) is 11.1 Å². The summed E-state index contributed by atoms with van der Waals surface area (Å²) in [5, 5.41) is 4.05. The van der Waals surface area contributed by atoms with E-state index in [1.807, 2.05) is 29.0 Å². The zero-order valence-electron chi connectivity index (χ0n) is 12.9. The molecule has 5 heteroatoms. The molecule has 0 aliphatic heterocycles. The van der Waals surface area contributed by atoms with Crippen molar-refractivity contribution in [3.05, 3.63) is 52.2 Å². The van der Waals surface area contributed by atoms with Crippen LogP contribution in [0.25, 0.3) is 6.08 Å². The van der Waals surface area contributed by atoms with Gasteiger partial charge in [0.05, 0.1) is 14.2 Å². The Balaban J connectivity index is 2.05. The molecule has 0 unspecified atom stereocenters. The predicted octanol–water partition coefficient (Wildman–Crippen LogP) is 3.44. The van der Waals surface area contributed by atoms with E-state index < -0.39 is 0 Å². The molecule has 2 aromatic rings. The van der Waals surface area contributed by atoms with Crippen molar-refractivity contribution in [2.45, 2.75) is 6.54 Å². The second-order valence-corrected chi connectivity index (χ2v) is 5.59. The molecule has 0 atom stereocenters. The number of nitrogens with zero attached hydrogens (tertiary/aromatic N) is 1. The largest absolute Gasteiger partial charge is 0.497 e. The molecule has 1 aromatic carbocycles. The van der Waals surface area contributed by atoms with Gasteiger partial charge in [-0.25, -0.2) is 0 Å². The van der Waals surface area contributed by atoms with Crippen LogP contribution in [0.2, 0.25) is 0 Å². The molecular weight excluding hydrogens is 298 g/mol. The van der Waals surface area contributed by atoms with Crippen LogP contribution in [0, 0.1) is 0 Å². The number of benzene rings is 1. The Labute approximate surface area is 134 Å². The molecule has 22 heavy (non-hydrogen) atoms. The van der Waals surface area contributed by atoms with E-state index in [0.29, 0.717) is 18.0 Å². The average Bonchev–Trinajstić information content (AvgIpc) is 3.04. The minimum absolute atomic E-state index is 0.0482. The first-order chi connectivity index (χ1) is 10.6. The number of rotatable bonds is 6. The highest BCUT2D eigenvalue weighted by Crippen LogP contribution is 2.23. The Morgan fingerprint density at radius 2 is 1.91 bits per heavy atom. The van der Waals surface area contributed by atoms with Crippen molar-refractivity contribution >= 4 is 23.3 Å². The number of carbonyl (C=O) groups is 1. The summed E-state index contributed by atoms with van der Waals surface area (Å²) in [4.78, 5) is 13.8. The van der Waals surface area contributed by atoms with Gasteiger partial charge >= 0.3 is 0 Å². The standard InChI is InChI=1S/C17H19NO3S/c1-18(11-14-6-7-22-12-14)17(19)5-4-13-8-15(20-2)10-16(9-13)21-3/h4-10,12H,11H2,1-3H3/b5-4+. The smallest absolute Gasteiger partial charge is 0.246 e. The molecule has 0 saturated carbocycles. The van der Waals surface area contributed by atoms with Crippen LogP contribution >= 0.6 is 11.3 Å². The fraction of sp³-hybridized carbons (Fsp3) is 0.235. The Bertz CT molecular complexity index is 628. The summed E-state index contributed by atoms with van der Waals surface area (Å²) in [5.41, 5.74) is 1.99. The van der Waals surface area contributed by atoms with Gasteiger partial charge in [-0.05, 0) is 46.2 Å². The minimum atomic E-state index is -0.0482. The molecular formula is C17H19NO3S. The predicted molar refractivity (Wildman–Crippen MR) is 89.4 cm³/mol. The summed E-state index contributed by atoms with van der Waals surface area (Å²) >= 11 is 1.63. The average molecular weight is 317 g/mol. The van der Waals surface area contributed by atoms with E-state index in [2.05, 4.69) is 0 Å². The molecule has 1 heterocycles. The summed E-state index contributed by atoms with van der Waals surface area (Å²) in [6.45, 7) is 0.605. The molecule has 0 saturated heterocycles. The molecule has 0 fully saturated rings. The quantitative estimate of drug-likeness (QED) is 0.766. The highest BCUT2D eigenvalue weighted by atomic mass is 32.1. The van der Waals surface area contributed by atoms with Gasteiger partial charge in [0.2, 0.25) is 5.91 Å². The van der Waals surface area contributed by atoms with E-state index in [4.69, 9.17) is 9.47 Å². The lowest BCUT2D eigenvalue weighted by Gasteiger charge is -2.14. The lowest BCUT2D eigenvalue weighted by molar-refractivity contribution is -0.125. The third kappa shape index (κ3) is 4.36. The second kappa shape index (κ2) is 7.66. The molecule has 0 spiro atoms. The SMILES string of the molecule is COc1cc(/C=C/C(=O)N(C)Cc2ccsc2)cc(OC)c1. The lowest BCUT2D eigenvalue weighted by Crippen LogP contribution is -2.23. The van der Waals surface area contributed by atoms with Gasteiger partial charge in [-0.2, -0.15) is 11.3 Å². The molecule has 1 amide bonds. The number of ether oxygens (including phenoxy) is 2. The molecule has 0 N–H and O–H groups in total. The fourth-order valence-corrected chi connectivity index (χ4v) is 2.61. The summed E-state index contributed by atoms with van der Waals surface area (Å²) in [6.07, 6.45) is 3.32. The minimum Gasteiger partial charge on any atom is -0.497 e. The number of likely N-dealkylation sites (N-methyl/N-ethyl adjacent to an activating group) is 1. The molecule has 2 rings (SSSR count). The van der Waals surface area contributed by atoms with Crippen molar-refractivity contribution in [1.82, 2.24) is 4.90 Å². The van der Waals surface area contributed by atoms with Crippen molar-refractivity contribution in [3.8, 4) is 11.5 Å². The second-order valence-electron chi connectivity index (χ2n) is 4.81. The summed E-state index contributed by atoms with van der Waals surface area (Å²) in [5.74, 6) is 1.34. The van der Waals surface area contributed by atoms with Crippen LogP contribution in [0.4, 0.5) is 0 Å². The van der Waals surface area contributed by atoms with Crippen LogP contribution < -0.4 is 9.47 Å². The van der Waals surface area contributed by atoms with Gasteiger partial charge in [0.15, 0.2) is 0 Å². The topological polar surface area (TPSA) is 38.8 Å². The maximum atomic E-state index is 12.1. The van der Waals surface area contributed by atoms with Crippen molar-refractivity contribution < 1.29 is 14.3 Å². The maximum absolute atomic E-state index is 12.1. The Morgan fingerprint density at radius 3 is 2.45 bits per heavy atom. The van der Waals surface area contributed by atoms with Gasteiger partial charge in [0.1, 0.15) is 11.5 Å². The van der Waals surface area contributed by atoms with Crippen molar-refractivity contribution in [2.24, 2.45) is 0 Å². The number of hydrogen-bond donors (Lipinski definition) is 0. The Kier molecular flexibility index (Phi) is 5.61. The first kappa shape index (κ1) is 16.1. The third-order valence-electron chi connectivity index (χ3n) is 3.17. The number of thiophene rings is 1. The van der Waals surface area contributed by atoms with Gasteiger partial charge in [-0.3, -0.25) is 4.79 Å². The fourth-order valence-electron chi connectivity index (χ4n) is 1.95. The van der Waals surface area contributed by atoms with Crippen molar-refractivity contribution in [2.75, 3.05) is 21.3 Å². The third-order valence-corrected chi connectivity index (χ3v) is 3.90. The Hall–Kier alpha value is -2.27. The number of hydrogen-bond acceptors (Lipinski definition) is 4. The normalized spacial score (nSPS) is 10.7. The molecule has 0 bridgehead atoms. The molecule has 0 aliphatic carbocycles. The maximum Gasteiger partial charge on any atom is 0.246 e. The highest BCUT2D eigenvalue weighted by molar-refractivity contribution is 7.07. The van der Waals surface area contributed by atoms with Gasteiger partial charge in [-0.1, -0.05) is 0 Å². The van der Waals surface area contributed by atoms with Gasteiger partial charge in [0.25, 0.3) is 0 Å². The lowest BCUT2D eigenvalue weighted by atomic mass is 10.2. The molecule has 1 aromatic heterocycles. The first-order valence-corrected chi connectivity index (χ1v) is 7.74. The molecule has 116 valence electrons. The zero-order chi connectivity index (χ0) is 15.9. The van der Waals surface area contributed by atoms with Crippen LogP contribution in [-0.2, 0) is 11.3 Å². The van der Waals surface area contributed by atoms with Gasteiger partial charge in [0, 0.05) is 25.7 Å². The van der Waals surface area contributed by atoms with Crippen LogP contribution in [0.1, 0.15) is 11.1 Å². The van der Waals surface area contributed by atoms with Gasteiger partial charge in [-0.15, -0.1) is 0 Å². The summed E-state index contributed by atoms with van der Waals surface area (Å²) in [7, 11) is 4.99. The van der Waals surface area contributed by atoms with E-state index in [1.54, 1.807) is 55.7 Å². The zero-order valence-corrected chi connectivity index (χ0v) is 13.7. The molecule has 0 radical (unpaired) electrons. The van der Waals surface area contributed by atoms with Crippen molar-refractivity contribution in [3.63, 3.8) is 0 Å². The summed E-state index contributed by atoms with van der Waals surface area (Å²) in [6, 6.07) is 7.52. The van der Waals surface area contributed by atoms with E-state index in [-0.39, 0.29) is 5.91 Å². The van der Waals surface area contributed by atoms with Crippen LogP contribution in [-0.4, -0.2) is 32.1 Å². The van der Waals surface area contributed by atoms with E-state index in [9.17, 15) is 4.79 Å². The van der Waals surface area contributed by atoms with Crippen LogP contribution in [0.5, 0.6) is 11.5 Å². The summed E-state index contributed by atoms with van der Waals surface area (Å²) < 4.78 is 10.4.